The van der Waals surface area contributed by atoms with E-state index in [1.165, 1.54) is 6.08 Å². The highest BCUT2D eigenvalue weighted by Gasteiger charge is 2.10. The molecule has 0 bridgehead atoms. The SMILES string of the molecule is Cc1nc(-c2ccc(CNC(=O)/C=C/c3ccc4c(c3)OCCCO4)o2)cs1. The van der Waals surface area contributed by atoms with Crippen LogP contribution in [-0.2, 0) is 11.3 Å². The van der Waals surface area contributed by atoms with E-state index < -0.39 is 0 Å². The lowest BCUT2D eigenvalue weighted by molar-refractivity contribution is -0.116. The maximum atomic E-state index is 12.1. The third-order valence-corrected chi connectivity index (χ3v) is 4.94. The number of amides is 1. The van der Waals surface area contributed by atoms with Crippen LogP contribution < -0.4 is 14.8 Å². The third kappa shape index (κ3) is 4.43. The number of rotatable bonds is 5. The van der Waals surface area contributed by atoms with Crippen LogP contribution in [0.1, 0.15) is 22.8 Å². The number of furan rings is 1. The fourth-order valence-corrected chi connectivity index (χ4v) is 3.38. The topological polar surface area (TPSA) is 73.6 Å². The summed E-state index contributed by atoms with van der Waals surface area (Å²) in [4.78, 5) is 16.5. The van der Waals surface area contributed by atoms with Crippen molar-refractivity contribution in [2.24, 2.45) is 0 Å². The summed E-state index contributed by atoms with van der Waals surface area (Å²) < 4.78 is 17.0. The van der Waals surface area contributed by atoms with Gasteiger partial charge in [-0.2, -0.15) is 0 Å². The van der Waals surface area contributed by atoms with E-state index in [0.29, 0.717) is 37.0 Å². The van der Waals surface area contributed by atoms with Crippen LogP contribution in [0.4, 0.5) is 0 Å². The Morgan fingerprint density at radius 3 is 2.89 bits per heavy atom. The first-order chi connectivity index (χ1) is 13.7. The Kier molecular flexibility index (Phi) is 5.43. The van der Waals surface area contributed by atoms with Crippen molar-refractivity contribution in [3.8, 4) is 23.0 Å². The summed E-state index contributed by atoms with van der Waals surface area (Å²) in [6.45, 7) is 3.55. The Hall–Kier alpha value is -3.06. The lowest BCUT2D eigenvalue weighted by Gasteiger charge is -2.07. The maximum absolute atomic E-state index is 12.1. The van der Waals surface area contributed by atoms with E-state index in [-0.39, 0.29) is 5.91 Å². The molecule has 6 nitrogen and oxygen atoms in total. The van der Waals surface area contributed by atoms with Gasteiger partial charge in [0.2, 0.25) is 5.91 Å². The van der Waals surface area contributed by atoms with E-state index in [4.69, 9.17) is 13.9 Å². The van der Waals surface area contributed by atoms with Gasteiger partial charge in [-0.25, -0.2) is 4.98 Å². The molecule has 1 aliphatic rings. The molecule has 144 valence electrons. The molecule has 1 amide bonds. The summed E-state index contributed by atoms with van der Waals surface area (Å²) in [6.07, 6.45) is 4.10. The van der Waals surface area contributed by atoms with E-state index >= 15 is 0 Å². The zero-order chi connectivity index (χ0) is 19.3. The Morgan fingerprint density at radius 2 is 2.07 bits per heavy atom. The standard InChI is InChI=1S/C21H20N2O4S/c1-14-23-17(13-28-14)18-7-5-16(27-18)12-22-21(24)8-4-15-3-6-19-20(11-15)26-10-2-9-25-19/h3-8,11,13H,2,9-10,12H2,1H3,(H,22,24)/b8-4+. The summed E-state index contributed by atoms with van der Waals surface area (Å²) >= 11 is 1.57. The number of aromatic nitrogens is 1. The van der Waals surface area contributed by atoms with Crippen LogP contribution in [0.2, 0.25) is 0 Å². The predicted molar refractivity (Wildman–Crippen MR) is 107 cm³/mol. The zero-order valence-electron chi connectivity index (χ0n) is 15.4. The maximum Gasteiger partial charge on any atom is 0.244 e. The van der Waals surface area contributed by atoms with Crippen LogP contribution >= 0.6 is 11.3 Å². The molecule has 0 saturated heterocycles. The largest absolute Gasteiger partial charge is 0.490 e. The third-order valence-electron chi connectivity index (χ3n) is 4.17. The quantitative estimate of drug-likeness (QED) is 0.654. The van der Waals surface area contributed by atoms with Crippen molar-refractivity contribution in [2.45, 2.75) is 19.9 Å². The smallest absolute Gasteiger partial charge is 0.244 e. The summed E-state index contributed by atoms with van der Waals surface area (Å²) in [7, 11) is 0. The number of benzene rings is 1. The summed E-state index contributed by atoms with van der Waals surface area (Å²) in [6, 6.07) is 9.34. The minimum Gasteiger partial charge on any atom is -0.490 e. The molecule has 1 aliphatic heterocycles. The molecule has 0 atom stereocenters. The number of hydrogen-bond donors (Lipinski definition) is 1. The van der Waals surface area contributed by atoms with Gasteiger partial charge in [0.05, 0.1) is 24.8 Å². The molecule has 3 heterocycles. The van der Waals surface area contributed by atoms with E-state index in [0.717, 1.165) is 28.4 Å². The number of carbonyl (C=O) groups is 1. The predicted octanol–water partition coefficient (Wildman–Crippen LogP) is 4.20. The van der Waals surface area contributed by atoms with Crippen molar-refractivity contribution in [3.63, 3.8) is 0 Å². The molecule has 28 heavy (non-hydrogen) atoms. The Bertz CT molecular complexity index is 1010. The molecular weight excluding hydrogens is 376 g/mol. The first-order valence-electron chi connectivity index (χ1n) is 9.04. The average molecular weight is 396 g/mol. The molecule has 7 heteroatoms. The van der Waals surface area contributed by atoms with Gasteiger partial charge in [-0.15, -0.1) is 11.3 Å². The average Bonchev–Trinajstić information content (AvgIpc) is 3.28. The molecular formula is C21H20N2O4S. The molecule has 0 saturated carbocycles. The van der Waals surface area contributed by atoms with E-state index in [1.54, 1.807) is 17.4 Å². The number of nitrogens with zero attached hydrogens (tertiary/aromatic N) is 1. The molecule has 4 rings (SSSR count). The number of carbonyl (C=O) groups excluding carboxylic acids is 1. The second kappa shape index (κ2) is 8.31. The van der Waals surface area contributed by atoms with Gasteiger partial charge in [-0.05, 0) is 42.8 Å². The highest BCUT2D eigenvalue weighted by atomic mass is 32.1. The minimum absolute atomic E-state index is 0.199. The Morgan fingerprint density at radius 1 is 1.21 bits per heavy atom. The first kappa shape index (κ1) is 18.3. The molecule has 0 spiro atoms. The van der Waals surface area contributed by atoms with Crippen molar-refractivity contribution in [1.29, 1.82) is 0 Å². The van der Waals surface area contributed by atoms with Gasteiger partial charge in [0.1, 0.15) is 11.5 Å². The number of fused-ring (bicyclic) bond motifs is 1. The summed E-state index contributed by atoms with van der Waals surface area (Å²) in [5.41, 5.74) is 1.69. The van der Waals surface area contributed by atoms with E-state index in [9.17, 15) is 4.79 Å². The first-order valence-corrected chi connectivity index (χ1v) is 9.92. The molecule has 0 aliphatic carbocycles. The van der Waals surface area contributed by atoms with Crippen molar-refractivity contribution in [1.82, 2.24) is 10.3 Å². The molecule has 0 radical (unpaired) electrons. The molecule has 3 aromatic rings. The lowest BCUT2D eigenvalue weighted by Crippen LogP contribution is -2.19. The van der Waals surface area contributed by atoms with Crippen LogP contribution in [0.15, 0.2) is 46.2 Å². The Balaban J connectivity index is 1.33. The molecule has 1 aromatic carbocycles. The van der Waals surface area contributed by atoms with Crippen LogP contribution in [0, 0.1) is 6.92 Å². The van der Waals surface area contributed by atoms with E-state index in [1.807, 2.05) is 42.6 Å². The van der Waals surface area contributed by atoms with Gasteiger partial charge in [-0.1, -0.05) is 6.07 Å². The van der Waals surface area contributed by atoms with Crippen LogP contribution in [0.25, 0.3) is 17.5 Å². The highest BCUT2D eigenvalue weighted by Crippen LogP contribution is 2.30. The number of aryl methyl sites for hydroxylation is 1. The van der Waals surface area contributed by atoms with Crippen molar-refractivity contribution in [3.05, 3.63) is 58.1 Å². The number of thiazole rings is 1. The second-order valence-electron chi connectivity index (χ2n) is 6.33. The van der Waals surface area contributed by atoms with Crippen molar-refractivity contribution >= 4 is 23.3 Å². The second-order valence-corrected chi connectivity index (χ2v) is 7.39. The van der Waals surface area contributed by atoms with Gasteiger partial charge >= 0.3 is 0 Å². The molecule has 2 aromatic heterocycles. The van der Waals surface area contributed by atoms with Crippen molar-refractivity contribution < 1.29 is 18.7 Å². The molecule has 1 N–H and O–H groups in total. The van der Waals surface area contributed by atoms with Crippen LogP contribution in [0.3, 0.4) is 0 Å². The van der Waals surface area contributed by atoms with Gasteiger partial charge in [0.25, 0.3) is 0 Å². The van der Waals surface area contributed by atoms with Gasteiger partial charge in [0, 0.05) is 17.9 Å². The number of hydrogen-bond acceptors (Lipinski definition) is 6. The molecule has 0 unspecified atom stereocenters. The van der Waals surface area contributed by atoms with Gasteiger partial charge < -0.3 is 19.2 Å². The minimum atomic E-state index is -0.199. The summed E-state index contributed by atoms with van der Waals surface area (Å²) in [5.74, 6) is 2.63. The number of ether oxygens (including phenoxy) is 2. The normalized spacial score (nSPS) is 13.5. The highest BCUT2D eigenvalue weighted by molar-refractivity contribution is 7.09. The van der Waals surface area contributed by atoms with Crippen LogP contribution in [0.5, 0.6) is 11.5 Å². The Labute approximate surface area is 166 Å². The molecule has 0 fully saturated rings. The van der Waals surface area contributed by atoms with Crippen molar-refractivity contribution in [2.75, 3.05) is 13.2 Å². The fourth-order valence-electron chi connectivity index (χ4n) is 2.78. The van der Waals surface area contributed by atoms with Gasteiger partial charge in [0.15, 0.2) is 17.3 Å². The van der Waals surface area contributed by atoms with Crippen LogP contribution in [-0.4, -0.2) is 24.1 Å². The summed E-state index contributed by atoms with van der Waals surface area (Å²) in [5, 5.41) is 5.76. The lowest BCUT2D eigenvalue weighted by atomic mass is 10.2. The van der Waals surface area contributed by atoms with E-state index in [2.05, 4.69) is 10.3 Å². The zero-order valence-corrected chi connectivity index (χ0v) is 16.3. The monoisotopic (exact) mass is 396 g/mol. The fraction of sp³-hybridized carbons (Fsp3) is 0.238. The number of nitrogens with one attached hydrogen (secondary N) is 1. The van der Waals surface area contributed by atoms with Gasteiger partial charge in [-0.3, -0.25) is 4.79 Å².